The molecule has 238 valence electrons. The van der Waals surface area contributed by atoms with Gasteiger partial charge in [0, 0.05) is 62.9 Å². The maximum atomic E-state index is 14.1. The number of aryl methyl sites for hydroxylation is 1. The van der Waals surface area contributed by atoms with Crippen molar-refractivity contribution in [3.05, 3.63) is 88.6 Å². The van der Waals surface area contributed by atoms with Crippen LogP contribution in [0.3, 0.4) is 0 Å². The Morgan fingerprint density at radius 2 is 1.74 bits per heavy atom. The van der Waals surface area contributed by atoms with Gasteiger partial charge in [-0.15, -0.1) is 0 Å². The van der Waals surface area contributed by atoms with Gasteiger partial charge < -0.3 is 20.7 Å². The number of carbonyl (C=O) groups excluding carboxylic acids is 1. The molecule has 2 aromatic heterocycles. The number of carbonyl (C=O) groups is 1. The molecule has 1 amide bonds. The van der Waals surface area contributed by atoms with Crippen molar-refractivity contribution < 1.29 is 22.7 Å². The summed E-state index contributed by atoms with van der Waals surface area (Å²) in [4.78, 5) is 26.6. The zero-order valence-corrected chi connectivity index (χ0v) is 25.7. The third-order valence-corrected chi connectivity index (χ3v) is 8.02. The number of amides is 1. The van der Waals surface area contributed by atoms with E-state index in [9.17, 15) is 18.0 Å². The van der Waals surface area contributed by atoms with E-state index >= 15 is 0 Å². The number of anilines is 2. The molecule has 3 N–H and O–H groups in total. The lowest BCUT2D eigenvalue weighted by molar-refractivity contribution is -0.138. The van der Waals surface area contributed by atoms with Crippen molar-refractivity contribution in [3.8, 4) is 23.0 Å². The fraction of sp³-hybridized carbons (Fsp3) is 0.250. The summed E-state index contributed by atoms with van der Waals surface area (Å²) in [6, 6.07) is 15.3. The van der Waals surface area contributed by atoms with Gasteiger partial charge in [0.25, 0.3) is 5.91 Å². The minimum absolute atomic E-state index is 0.00415. The number of benzene rings is 3. The molecule has 3 aromatic carbocycles. The van der Waals surface area contributed by atoms with E-state index in [1.54, 1.807) is 48.3 Å². The van der Waals surface area contributed by atoms with E-state index in [4.69, 9.17) is 22.1 Å². The zero-order chi connectivity index (χ0) is 32.6. The molecule has 0 spiro atoms. The molecule has 0 bridgehead atoms. The fourth-order valence-electron chi connectivity index (χ4n) is 5.19. The van der Waals surface area contributed by atoms with Gasteiger partial charge in [0.15, 0.2) is 11.5 Å². The lowest BCUT2D eigenvalue weighted by Gasteiger charge is -2.33. The van der Waals surface area contributed by atoms with E-state index in [2.05, 4.69) is 25.3 Å². The van der Waals surface area contributed by atoms with E-state index in [1.807, 2.05) is 11.9 Å². The van der Waals surface area contributed by atoms with E-state index in [-0.39, 0.29) is 40.0 Å². The number of halogens is 4. The van der Waals surface area contributed by atoms with Gasteiger partial charge in [0.2, 0.25) is 5.88 Å². The first-order valence-corrected chi connectivity index (χ1v) is 14.8. The van der Waals surface area contributed by atoms with Crippen molar-refractivity contribution in [2.45, 2.75) is 12.7 Å². The second-order valence-corrected chi connectivity index (χ2v) is 11.6. The average Bonchev–Trinajstić information content (AvgIpc) is 3.40. The van der Waals surface area contributed by atoms with E-state index < -0.39 is 17.6 Å². The normalized spacial score (nSPS) is 14.5. The van der Waals surface area contributed by atoms with Crippen LogP contribution in [-0.2, 0) is 19.8 Å². The first-order valence-electron chi connectivity index (χ1n) is 14.4. The number of nitrogen functional groups attached to an aromatic ring is 1. The monoisotopic (exact) mass is 650 g/mol. The highest BCUT2D eigenvalue weighted by Crippen LogP contribution is 2.36. The molecule has 0 saturated carbocycles. The lowest BCUT2D eigenvalue weighted by Crippen LogP contribution is -2.44. The minimum Gasteiger partial charge on any atom is -0.438 e. The summed E-state index contributed by atoms with van der Waals surface area (Å²) in [5.74, 6) is 0.0568. The van der Waals surface area contributed by atoms with Gasteiger partial charge in [-0.3, -0.25) is 14.4 Å². The molecular formula is C32H30ClF3N8O2. The topological polar surface area (TPSA) is 114 Å². The van der Waals surface area contributed by atoms with Gasteiger partial charge in [-0.1, -0.05) is 17.7 Å². The standard InChI is InChI=1S/C32H30ClF3N8O2/c1-42-11-13-44(14-12-42)17-20-5-8-22(15-26(20)32(34,35)36)38-30(45)24-16-23(9-10-27(24)33)46-31-25-18-43(2)41-29(25)39-28(40-31)19-3-6-21(37)7-4-19/h3-10,15-16,18H,11-14,17,37H2,1-2H3,(H,38,45). The summed E-state index contributed by atoms with van der Waals surface area (Å²) in [6.45, 7) is 3.08. The number of ether oxygens (including phenoxy) is 1. The molecule has 0 atom stereocenters. The summed E-state index contributed by atoms with van der Waals surface area (Å²) in [5.41, 5.74) is 6.83. The SMILES string of the molecule is CN1CCN(Cc2ccc(NC(=O)c3cc(Oc4nc(-c5ccc(N)cc5)nc5nn(C)cc45)ccc3Cl)cc2C(F)(F)F)CC1. The highest BCUT2D eigenvalue weighted by atomic mass is 35.5. The number of likely N-dealkylation sites (N-methyl/N-ethyl adjacent to an activating group) is 1. The summed E-state index contributed by atoms with van der Waals surface area (Å²) in [6.07, 6.45) is -2.90. The summed E-state index contributed by atoms with van der Waals surface area (Å²) in [7, 11) is 3.72. The van der Waals surface area contributed by atoms with Crippen LogP contribution in [-0.4, -0.2) is 68.7 Å². The van der Waals surface area contributed by atoms with Gasteiger partial charge >= 0.3 is 6.18 Å². The Labute approximate surface area is 267 Å². The van der Waals surface area contributed by atoms with Gasteiger partial charge in [-0.05, 0) is 67.2 Å². The summed E-state index contributed by atoms with van der Waals surface area (Å²) in [5, 5.41) is 7.56. The Hall–Kier alpha value is -4.72. The molecule has 0 aliphatic carbocycles. The lowest BCUT2D eigenvalue weighted by atomic mass is 10.0. The van der Waals surface area contributed by atoms with Crippen molar-refractivity contribution in [2.75, 3.05) is 44.3 Å². The van der Waals surface area contributed by atoms with Crippen LogP contribution in [0.2, 0.25) is 5.02 Å². The molecule has 6 rings (SSSR count). The number of hydrogen-bond donors (Lipinski definition) is 2. The van der Waals surface area contributed by atoms with Crippen LogP contribution in [0, 0.1) is 0 Å². The van der Waals surface area contributed by atoms with Crippen molar-refractivity contribution in [2.24, 2.45) is 7.05 Å². The molecule has 1 aliphatic heterocycles. The molecule has 5 aromatic rings. The number of rotatable bonds is 7. The number of aromatic nitrogens is 4. The van der Waals surface area contributed by atoms with Gasteiger partial charge in [0.05, 0.1) is 16.1 Å². The first-order chi connectivity index (χ1) is 21.9. The van der Waals surface area contributed by atoms with Crippen LogP contribution in [0.4, 0.5) is 24.5 Å². The molecule has 14 heteroatoms. The maximum Gasteiger partial charge on any atom is 0.416 e. The van der Waals surface area contributed by atoms with Crippen molar-refractivity contribution in [1.29, 1.82) is 0 Å². The number of hydrogen-bond acceptors (Lipinski definition) is 8. The maximum absolute atomic E-state index is 14.1. The Morgan fingerprint density at radius 1 is 1.00 bits per heavy atom. The Morgan fingerprint density at radius 3 is 2.46 bits per heavy atom. The highest BCUT2D eigenvalue weighted by Gasteiger charge is 2.34. The van der Waals surface area contributed by atoms with Gasteiger partial charge in [0.1, 0.15) is 11.1 Å². The van der Waals surface area contributed by atoms with Crippen LogP contribution >= 0.6 is 11.6 Å². The van der Waals surface area contributed by atoms with Crippen molar-refractivity contribution in [1.82, 2.24) is 29.5 Å². The number of nitrogens with zero attached hydrogens (tertiary/aromatic N) is 6. The highest BCUT2D eigenvalue weighted by molar-refractivity contribution is 6.34. The molecule has 1 saturated heterocycles. The third kappa shape index (κ3) is 6.91. The van der Waals surface area contributed by atoms with Gasteiger partial charge in [-0.2, -0.15) is 23.3 Å². The molecule has 1 aliphatic rings. The van der Waals surface area contributed by atoms with Crippen molar-refractivity contribution >= 4 is 39.9 Å². The Balaban J connectivity index is 1.25. The van der Waals surface area contributed by atoms with Gasteiger partial charge in [-0.25, -0.2) is 4.98 Å². The third-order valence-electron chi connectivity index (χ3n) is 7.69. The smallest absolute Gasteiger partial charge is 0.416 e. The number of nitrogens with one attached hydrogen (secondary N) is 1. The molecule has 1 fully saturated rings. The van der Waals surface area contributed by atoms with E-state index in [0.29, 0.717) is 41.2 Å². The Kier molecular flexibility index (Phi) is 8.55. The average molecular weight is 651 g/mol. The Bertz CT molecular complexity index is 1900. The van der Waals surface area contributed by atoms with Crippen LogP contribution < -0.4 is 15.8 Å². The molecule has 3 heterocycles. The van der Waals surface area contributed by atoms with E-state index in [1.165, 1.54) is 24.3 Å². The number of fused-ring (bicyclic) bond motifs is 1. The fourth-order valence-corrected chi connectivity index (χ4v) is 5.39. The number of nitrogens with two attached hydrogens (primary N) is 1. The molecule has 10 nitrogen and oxygen atoms in total. The quantitative estimate of drug-likeness (QED) is 0.204. The molecular weight excluding hydrogens is 621 g/mol. The van der Waals surface area contributed by atoms with E-state index in [0.717, 1.165) is 19.2 Å². The van der Waals surface area contributed by atoms with Crippen LogP contribution in [0.1, 0.15) is 21.5 Å². The molecule has 0 unspecified atom stereocenters. The first kappa shape index (κ1) is 31.3. The number of alkyl halides is 3. The van der Waals surface area contributed by atoms with Crippen LogP contribution in [0.5, 0.6) is 11.6 Å². The predicted octanol–water partition coefficient (Wildman–Crippen LogP) is 6.08. The van der Waals surface area contributed by atoms with Crippen molar-refractivity contribution in [3.63, 3.8) is 0 Å². The molecule has 46 heavy (non-hydrogen) atoms. The molecule has 0 radical (unpaired) electrons. The second kappa shape index (κ2) is 12.6. The van der Waals surface area contributed by atoms with Crippen LogP contribution in [0.25, 0.3) is 22.4 Å². The summed E-state index contributed by atoms with van der Waals surface area (Å²) >= 11 is 6.37. The number of piperazine rings is 1. The second-order valence-electron chi connectivity index (χ2n) is 11.2. The largest absolute Gasteiger partial charge is 0.438 e. The predicted molar refractivity (Wildman–Crippen MR) is 170 cm³/mol. The van der Waals surface area contributed by atoms with Crippen LogP contribution in [0.15, 0.2) is 66.9 Å². The minimum atomic E-state index is -4.60. The summed E-state index contributed by atoms with van der Waals surface area (Å²) < 4.78 is 50.0. The zero-order valence-electron chi connectivity index (χ0n) is 25.0.